The number of halogens is 1. The normalized spacial score (nSPS) is 16.3. The highest BCUT2D eigenvalue weighted by Gasteiger charge is 2.33. The van der Waals surface area contributed by atoms with Gasteiger partial charge in [-0.2, -0.15) is 5.10 Å². The Hall–Kier alpha value is -2.50. The molecule has 0 unspecified atom stereocenters. The maximum Gasteiger partial charge on any atom is 0.166 e. The molecule has 4 nitrogen and oxygen atoms in total. The predicted molar refractivity (Wildman–Crippen MR) is 112 cm³/mol. The van der Waals surface area contributed by atoms with E-state index in [0.29, 0.717) is 5.02 Å². The maximum absolute atomic E-state index is 6.08. The van der Waals surface area contributed by atoms with Crippen LogP contribution in [0.25, 0.3) is 0 Å². The van der Waals surface area contributed by atoms with E-state index in [2.05, 4.69) is 23.6 Å². The minimum atomic E-state index is 0.00771. The van der Waals surface area contributed by atoms with Gasteiger partial charge in [0, 0.05) is 17.0 Å². The molecule has 0 N–H and O–H groups in total. The second kappa shape index (κ2) is 7.62. The summed E-state index contributed by atoms with van der Waals surface area (Å²) in [5, 5.41) is 9.76. The average Bonchev–Trinajstić information content (AvgIpc) is 3.37. The van der Waals surface area contributed by atoms with Crippen molar-refractivity contribution in [1.82, 2.24) is 0 Å². The molecule has 2 aromatic carbocycles. The molecule has 1 aliphatic heterocycles. The third-order valence-electron chi connectivity index (χ3n) is 4.60. The van der Waals surface area contributed by atoms with Crippen LogP contribution < -0.4 is 14.5 Å². The summed E-state index contributed by atoms with van der Waals surface area (Å²) in [6.07, 6.45) is 0.784. The van der Waals surface area contributed by atoms with Crippen LogP contribution in [0.4, 0.5) is 5.69 Å². The van der Waals surface area contributed by atoms with Gasteiger partial charge in [-0.05, 0) is 41.8 Å². The van der Waals surface area contributed by atoms with E-state index in [1.54, 1.807) is 25.6 Å². The summed E-state index contributed by atoms with van der Waals surface area (Å²) in [4.78, 5) is 1.18. The Labute approximate surface area is 167 Å². The van der Waals surface area contributed by atoms with E-state index in [9.17, 15) is 0 Å². The van der Waals surface area contributed by atoms with Crippen LogP contribution in [0, 0.1) is 0 Å². The van der Waals surface area contributed by atoms with Gasteiger partial charge in [-0.3, -0.25) is 5.01 Å². The van der Waals surface area contributed by atoms with Gasteiger partial charge in [0.2, 0.25) is 0 Å². The number of benzene rings is 2. The molecule has 0 radical (unpaired) electrons. The van der Waals surface area contributed by atoms with Gasteiger partial charge in [0.05, 0.1) is 36.5 Å². The van der Waals surface area contributed by atoms with Crippen LogP contribution in [0.3, 0.4) is 0 Å². The third kappa shape index (κ3) is 3.40. The van der Waals surface area contributed by atoms with Crippen molar-refractivity contribution >= 4 is 34.3 Å². The fourth-order valence-electron chi connectivity index (χ4n) is 3.35. The minimum absolute atomic E-state index is 0.00771. The second-order valence-corrected chi connectivity index (χ2v) is 7.53. The van der Waals surface area contributed by atoms with Crippen LogP contribution >= 0.6 is 22.9 Å². The first kappa shape index (κ1) is 17.9. The lowest BCUT2D eigenvalue weighted by Gasteiger charge is -2.26. The Morgan fingerprint density at radius 3 is 2.52 bits per heavy atom. The van der Waals surface area contributed by atoms with Crippen LogP contribution in [-0.2, 0) is 0 Å². The van der Waals surface area contributed by atoms with Crippen LogP contribution in [-0.4, -0.2) is 19.9 Å². The molecule has 3 aromatic rings. The highest BCUT2D eigenvalue weighted by molar-refractivity contribution is 7.12. The number of anilines is 1. The number of para-hydroxylation sites is 1. The fraction of sp³-hybridized carbons (Fsp3) is 0.190. The van der Waals surface area contributed by atoms with Crippen LogP contribution in [0.2, 0.25) is 5.02 Å². The van der Waals surface area contributed by atoms with Crippen molar-refractivity contribution in [2.45, 2.75) is 12.5 Å². The molecule has 1 aromatic heterocycles. The van der Waals surface area contributed by atoms with Crippen molar-refractivity contribution in [1.29, 1.82) is 0 Å². The second-order valence-electron chi connectivity index (χ2n) is 6.15. The zero-order valence-electron chi connectivity index (χ0n) is 15.1. The Morgan fingerprint density at radius 2 is 1.85 bits per heavy atom. The van der Waals surface area contributed by atoms with Gasteiger partial charge < -0.3 is 9.47 Å². The summed E-state index contributed by atoms with van der Waals surface area (Å²) in [5.74, 6) is 1.46. The fourth-order valence-corrected chi connectivity index (χ4v) is 4.20. The highest BCUT2D eigenvalue weighted by Crippen LogP contribution is 2.43. The first-order valence-electron chi connectivity index (χ1n) is 8.58. The first-order valence-corrected chi connectivity index (χ1v) is 9.84. The number of hydrazone groups is 1. The molecule has 27 heavy (non-hydrogen) atoms. The molecule has 0 amide bonds. The number of methoxy groups -OCH3 is 2. The Kier molecular flexibility index (Phi) is 5.05. The molecule has 0 fully saturated rings. The molecular formula is C21H19ClN2O2S. The molecule has 0 saturated carbocycles. The van der Waals surface area contributed by atoms with E-state index in [1.807, 2.05) is 41.4 Å². The van der Waals surface area contributed by atoms with E-state index in [0.717, 1.165) is 34.9 Å². The van der Waals surface area contributed by atoms with Crippen LogP contribution in [0.15, 0.2) is 65.1 Å². The average molecular weight is 399 g/mol. The summed E-state index contributed by atoms with van der Waals surface area (Å²) in [6, 6.07) is 17.9. The van der Waals surface area contributed by atoms with E-state index in [4.69, 9.17) is 26.2 Å². The number of hydrogen-bond donors (Lipinski definition) is 0. The van der Waals surface area contributed by atoms with Crippen LogP contribution in [0.5, 0.6) is 11.5 Å². The Balaban J connectivity index is 1.80. The lowest BCUT2D eigenvalue weighted by molar-refractivity contribution is 0.349. The van der Waals surface area contributed by atoms with E-state index in [1.165, 1.54) is 4.88 Å². The summed E-state index contributed by atoms with van der Waals surface area (Å²) < 4.78 is 11.2. The summed E-state index contributed by atoms with van der Waals surface area (Å²) in [6.45, 7) is 0. The van der Waals surface area contributed by atoms with Gasteiger partial charge in [-0.25, -0.2) is 0 Å². The van der Waals surface area contributed by atoms with Crippen molar-refractivity contribution in [3.8, 4) is 11.5 Å². The van der Waals surface area contributed by atoms with E-state index in [-0.39, 0.29) is 6.04 Å². The minimum Gasteiger partial charge on any atom is -0.493 e. The van der Waals surface area contributed by atoms with Gasteiger partial charge in [0.25, 0.3) is 0 Å². The van der Waals surface area contributed by atoms with Gasteiger partial charge in [0.15, 0.2) is 11.5 Å². The quantitative estimate of drug-likeness (QED) is 0.546. The van der Waals surface area contributed by atoms with Crippen molar-refractivity contribution in [3.05, 3.63) is 75.4 Å². The van der Waals surface area contributed by atoms with Crippen molar-refractivity contribution in [3.63, 3.8) is 0 Å². The smallest absolute Gasteiger partial charge is 0.166 e. The lowest BCUT2D eigenvalue weighted by atomic mass is 9.99. The monoisotopic (exact) mass is 398 g/mol. The predicted octanol–water partition coefficient (Wildman–Crippen LogP) is 5.77. The van der Waals surface area contributed by atoms with Gasteiger partial charge in [0.1, 0.15) is 0 Å². The summed E-state index contributed by atoms with van der Waals surface area (Å²) in [7, 11) is 3.32. The zero-order valence-corrected chi connectivity index (χ0v) is 16.6. The van der Waals surface area contributed by atoms with Crippen molar-refractivity contribution < 1.29 is 9.47 Å². The largest absolute Gasteiger partial charge is 0.493 e. The molecule has 0 aliphatic carbocycles. The molecule has 138 valence electrons. The third-order valence-corrected chi connectivity index (χ3v) is 5.77. The molecule has 1 atom stereocenters. The molecule has 0 saturated heterocycles. The van der Waals surface area contributed by atoms with Gasteiger partial charge >= 0.3 is 0 Å². The van der Waals surface area contributed by atoms with Gasteiger partial charge in [-0.15, -0.1) is 11.3 Å². The lowest BCUT2D eigenvalue weighted by Crippen LogP contribution is -2.19. The van der Waals surface area contributed by atoms with Crippen molar-refractivity contribution in [2.24, 2.45) is 5.10 Å². The standard InChI is InChI=1S/C21H19ClN2O2S/c1-25-19-6-3-5-16(21(19)26-2)18-13-17(20-7-4-12-27-20)23-24(18)15-10-8-14(22)9-11-15/h3-12,18H,13H2,1-2H3/t18-/m1/s1. The number of ether oxygens (including phenoxy) is 2. The number of thiophene rings is 1. The molecule has 0 spiro atoms. The number of rotatable bonds is 5. The van der Waals surface area contributed by atoms with E-state index >= 15 is 0 Å². The zero-order chi connectivity index (χ0) is 18.8. The molecule has 4 rings (SSSR count). The summed E-state index contributed by atoms with van der Waals surface area (Å²) >= 11 is 7.78. The number of hydrogen-bond acceptors (Lipinski definition) is 5. The SMILES string of the molecule is COc1cccc([C@H]2CC(c3cccs3)=NN2c2ccc(Cl)cc2)c1OC. The molecule has 1 aliphatic rings. The molecule has 2 heterocycles. The number of nitrogens with zero attached hydrogens (tertiary/aromatic N) is 2. The summed E-state index contributed by atoms with van der Waals surface area (Å²) in [5.41, 5.74) is 3.10. The topological polar surface area (TPSA) is 34.1 Å². The van der Waals surface area contributed by atoms with E-state index < -0.39 is 0 Å². The Bertz CT molecular complexity index is 955. The highest BCUT2D eigenvalue weighted by atomic mass is 35.5. The maximum atomic E-state index is 6.08. The van der Waals surface area contributed by atoms with Gasteiger partial charge in [-0.1, -0.05) is 29.8 Å². The van der Waals surface area contributed by atoms with Crippen molar-refractivity contribution in [2.75, 3.05) is 19.2 Å². The first-order chi connectivity index (χ1) is 13.2. The molecule has 0 bridgehead atoms. The molecule has 6 heteroatoms. The Morgan fingerprint density at radius 1 is 1.04 bits per heavy atom. The molecular weight excluding hydrogens is 380 g/mol. The van der Waals surface area contributed by atoms with Crippen LogP contribution in [0.1, 0.15) is 22.9 Å².